The largest absolute Gasteiger partial charge is 0.480 e. The molecule has 0 spiro atoms. The molecule has 0 aliphatic heterocycles. The lowest BCUT2D eigenvalue weighted by Crippen LogP contribution is -2.30. The van der Waals surface area contributed by atoms with E-state index in [9.17, 15) is 9.59 Å². The number of aromatic carboxylic acids is 1. The molecule has 0 aliphatic rings. The maximum Gasteiger partial charge on any atom is 0.335 e. The number of hydrogen-bond acceptors (Lipinski definition) is 4. The molecule has 116 valence electrons. The first-order chi connectivity index (χ1) is 9.84. The molecule has 0 heterocycles. The molecule has 0 aliphatic carbocycles. The second-order valence-electron chi connectivity index (χ2n) is 4.06. The summed E-state index contributed by atoms with van der Waals surface area (Å²) in [6.07, 6.45) is 0.956. The number of aliphatic carboxylic acids is 1. The van der Waals surface area contributed by atoms with E-state index in [1.54, 1.807) is 30.3 Å². The number of carbonyl (C=O) groups is 2. The fraction of sp³-hybridized carbons (Fsp3) is 0.308. The average Bonchev–Trinajstić information content (AvgIpc) is 2.44. The zero-order chi connectivity index (χ0) is 16.3. The predicted octanol–water partition coefficient (Wildman–Crippen LogP) is -0.163. The fourth-order valence-electron chi connectivity index (χ4n) is 1.22. The highest BCUT2D eigenvalue weighted by atomic mass is 16.4. The van der Waals surface area contributed by atoms with Crippen LogP contribution in [0, 0.1) is 0 Å². The van der Waals surface area contributed by atoms with Gasteiger partial charge in [-0.3, -0.25) is 9.79 Å². The molecule has 1 aromatic carbocycles. The molecule has 0 bridgehead atoms. The van der Waals surface area contributed by atoms with Gasteiger partial charge in [-0.25, -0.2) is 4.79 Å². The monoisotopic (exact) mass is 296 g/mol. The standard InChI is InChI=1S/C7H6O2.C6H14N4O2/c8-7(9)6-4-2-1-3-5-6;7-4(5(11)12)2-1-3-10-6(8)9/h1-5H,(H,8,9);4H,1-3,7H2,(H,11,12)(H4,8,9,10). The molecule has 1 rings (SSSR count). The minimum Gasteiger partial charge on any atom is -0.480 e. The summed E-state index contributed by atoms with van der Waals surface area (Å²) < 4.78 is 0. The Hall–Kier alpha value is -2.61. The van der Waals surface area contributed by atoms with E-state index in [0.29, 0.717) is 24.9 Å². The van der Waals surface area contributed by atoms with Crippen LogP contribution < -0.4 is 17.2 Å². The van der Waals surface area contributed by atoms with Crippen LogP contribution in [-0.4, -0.2) is 40.7 Å². The van der Waals surface area contributed by atoms with Crippen molar-refractivity contribution in [2.24, 2.45) is 22.2 Å². The summed E-state index contributed by atoms with van der Waals surface area (Å²) in [4.78, 5) is 24.1. The second kappa shape index (κ2) is 10.2. The van der Waals surface area contributed by atoms with Crippen molar-refractivity contribution in [1.29, 1.82) is 0 Å². The van der Waals surface area contributed by atoms with Crippen molar-refractivity contribution in [2.45, 2.75) is 18.9 Å². The summed E-state index contributed by atoms with van der Waals surface area (Å²) in [7, 11) is 0. The number of carboxylic acids is 2. The topological polar surface area (TPSA) is 165 Å². The molecule has 0 saturated carbocycles. The van der Waals surface area contributed by atoms with Crippen molar-refractivity contribution in [1.82, 2.24) is 0 Å². The molecule has 0 amide bonds. The van der Waals surface area contributed by atoms with Crippen LogP contribution >= 0.6 is 0 Å². The molecule has 0 aromatic heterocycles. The molecule has 0 fully saturated rings. The van der Waals surface area contributed by atoms with E-state index in [1.165, 1.54) is 0 Å². The van der Waals surface area contributed by atoms with E-state index < -0.39 is 18.0 Å². The van der Waals surface area contributed by atoms with Crippen molar-refractivity contribution in [2.75, 3.05) is 6.54 Å². The van der Waals surface area contributed by atoms with Gasteiger partial charge in [0.15, 0.2) is 5.96 Å². The summed E-state index contributed by atoms with van der Waals surface area (Å²) in [6.45, 7) is 0.420. The zero-order valence-electron chi connectivity index (χ0n) is 11.5. The Morgan fingerprint density at radius 2 is 1.71 bits per heavy atom. The van der Waals surface area contributed by atoms with Gasteiger partial charge in [-0.1, -0.05) is 18.2 Å². The third-order valence-corrected chi connectivity index (χ3v) is 2.31. The Balaban J connectivity index is 0.000000394. The normalized spacial score (nSPS) is 10.7. The SMILES string of the molecule is NC(N)=NCCCC(N)C(=O)O.O=C(O)c1ccccc1. The molecule has 1 aromatic rings. The van der Waals surface area contributed by atoms with Crippen molar-refractivity contribution < 1.29 is 19.8 Å². The maximum atomic E-state index is 10.2. The summed E-state index contributed by atoms with van der Waals surface area (Å²) in [5, 5.41) is 16.8. The molecule has 8 N–H and O–H groups in total. The number of carboxylic acid groups (broad SMARTS) is 2. The van der Waals surface area contributed by atoms with Gasteiger partial charge in [-0.05, 0) is 25.0 Å². The summed E-state index contributed by atoms with van der Waals surface area (Å²) >= 11 is 0. The van der Waals surface area contributed by atoms with Crippen LogP contribution in [0.3, 0.4) is 0 Å². The number of guanidine groups is 1. The minimum atomic E-state index is -1.00. The molecule has 8 nitrogen and oxygen atoms in total. The first-order valence-electron chi connectivity index (χ1n) is 6.16. The molecule has 8 heteroatoms. The fourth-order valence-corrected chi connectivity index (χ4v) is 1.22. The Morgan fingerprint density at radius 1 is 1.14 bits per heavy atom. The van der Waals surface area contributed by atoms with Gasteiger partial charge in [-0.2, -0.15) is 0 Å². The van der Waals surface area contributed by atoms with Crippen molar-refractivity contribution >= 4 is 17.9 Å². The van der Waals surface area contributed by atoms with E-state index in [2.05, 4.69) is 4.99 Å². The second-order valence-corrected chi connectivity index (χ2v) is 4.06. The van der Waals surface area contributed by atoms with Crippen LogP contribution in [0.15, 0.2) is 35.3 Å². The lowest BCUT2D eigenvalue weighted by atomic mass is 10.2. The highest BCUT2D eigenvalue weighted by molar-refractivity contribution is 5.87. The van der Waals surface area contributed by atoms with Crippen LogP contribution in [0.1, 0.15) is 23.2 Å². The summed E-state index contributed by atoms with van der Waals surface area (Å²) in [5.41, 5.74) is 15.7. The quantitative estimate of drug-likeness (QED) is 0.276. The molecule has 21 heavy (non-hydrogen) atoms. The van der Waals surface area contributed by atoms with Crippen molar-refractivity contribution in [3.05, 3.63) is 35.9 Å². The average molecular weight is 296 g/mol. The van der Waals surface area contributed by atoms with Crippen LogP contribution in [0.25, 0.3) is 0 Å². The molecular formula is C13H20N4O4. The smallest absolute Gasteiger partial charge is 0.335 e. The van der Waals surface area contributed by atoms with Crippen molar-refractivity contribution in [3.8, 4) is 0 Å². The first kappa shape index (κ1) is 18.4. The maximum absolute atomic E-state index is 10.2. The lowest BCUT2D eigenvalue weighted by Gasteiger charge is -2.03. The van der Waals surface area contributed by atoms with Gasteiger partial charge in [0.05, 0.1) is 5.56 Å². The van der Waals surface area contributed by atoms with Gasteiger partial charge in [0, 0.05) is 6.54 Å². The third-order valence-electron chi connectivity index (χ3n) is 2.31. The molecular weight excluding hydrogens is 276 g/mol. The van der Waals surface area contributed by atoms with Gasteiger partial charge < -0.3 is 27.4 Å². The highest BCUT2D eigenvalue weighted by Gasteiger charge is 2.09. The van der Waals surface area contributed by atoms with E-state index in [-0.39, 0.29) is 5.96 Å². The third kappa shape index (κ3) is 9.91. The van der Waals surface area contributed by atoms with Gasteiger partial charge in [-0.15, -0.1) is 0 Å². The number of aliphatic imine (C=N–C) groups is 1. The van der Waals surface area contributed by atoms with Crippen LogP contribution in [0.4, 0.5) is 0 Å². The predicted molar refractivity (Wildman–Crippen MR) is 78.9 cm³/mol. The zero-order valence-corrected chi connectivity index (χ0v) is 11.5. The summed E-state index contributed by atoms with van der Waals surface area (Å²) in [6, 6.07) is 7.48. The van der Waals surface area contributed by atoms with E-state index in [1.807, 2.05) is 0 Å². The number of hydrogen-bond donors (Lipinski definition) is 5. The molecule has 1 atom stereocenters. The van der Waals surface area contributed by atoms with Gasteiger partial charge in [0.1, 0.15) is 6.04 Å². The minimum absolute atomic E-state index is 0.0129. The van der Waals surface area contributed by atoms with E-state index >= 15 is 0 Å². The molecule has 0 radical (unpaired) electrons. The van der Waals surface area contributed by atoms with E-state index in [4.69, 9.17) is 27.4 Å². The van der Waals surface area contributed by atoms with Crippen LogP contribution in [-0.2, 0) is 4.79 Å². The number of nitrogens with zero attached hydrogens (tertiary/aromatic N) is 1. The molecule has 0 saturated heterocycles. The number of rotatable bonds is 6. The van der Waals surface area contributed by atoms with Gasteiger partial charge >= 0.3 is 11.9 Å². The van der Waals surface area contributed by atoms with Gasteiger partial charge in [0.25, 0.3) is 0 Å². The van der Waals surface area contributed by atoms with Crippen LogP contribution in [0.5, 0.6) is 0 Å². The number of benzene rings is 1. The first-order valence-corrected chi connectivity index (χ1v) is 6.16. The summed E-state index contributed by atoms with van der Waals surface area (Å²) in [5.74, 6) is -1.87. The Labute approximate surface area is 122 Å². The Bertz CT molecular complexity index is 472. The van der Waals surface area contributed by atoms with Gasteiger partial charge in [0.2, 0.25) is 0 Å². The highest BCUT2D eigenvalue weighted by Crippen LogP contribution is 1.96. The lowest BCUT2D eigenvalue weighted by molar-refractivity contribution is -0.138. The Kier molecular flexibility index (Phi) is 8.94. The van der Waals surface area contributed by atoms with Crippen LogP contribution in [0.2, 0.25) is 0 Å². The number of nitrogens with two attached hydrogens (primary N) is 3. The van der Waals surface area contributed by atoms with Crippen molar-refractivity contribution in [3.63, 3.8) is 0 Å². The Morgan fingerprint density at radius 3 is 2.10 bits per heavy atom. The molecule has 1 unspecified atom stereocenters. The van der Waals surface area contributed by atoms with E-state index in [0.717, 1.165) is 0 Å².